The molecular weight excluding hydrogens is 212 g/mol. The van der Waals surface area contributed by atoms with E-state index in [1.165, 1.54) is 12.8 Å². The van der Waals surface area contributed by atoms with E-state index < -0.39 is 0 Å². The molecule has 2 amide bonds. The van der Waals surface area contributed by atoms with E-state index in [9.17, 15) is 4.79 Å². The van der Waals surface area contributed by atoms with E-state index in [1.54, 1.807) is 4.90 Å². The number of hydrogen-bond acceptors (Lipinski definition) is 1. The van der Waals surface area contributed by atoms with E-state index in [0.29, 0.717) is 11.5 Å². The molecule has 0 aliphatic heterocycles. The van der Waals surface area contributed by atoms with Gasteiger partial charge < -0.3 is 9.80 Å². The van der Waals surface area contributed by atoms with Gasteiger partial charge in [-0.3, -0.25) is 0 Å². The quantitative estimate of drug-likeness (QED) is 0.690. The standard InChI is InChI=1S/C14H28N2O/c1-14(2,3)11-7-9-12(10-8-11)16(6)13(17)15(4)5/h11-12H,7-10H2,1-6H3. The SMILES string of the molecule is CN(C)C(=O)N(C)C1CCC(C(C)(C)C)CC1. The molecule has 1 fully saturated rings. The summed E-state index contributed by atoms with van der Waals surface area (Å²) in [5, 5.41) is 0. The summed E-state index contributed by atoms with van der Waals surface area (Å²) in [5.74, 6) is 0.807. The van der Waals surface area contributed by atoms with Crippen LogP contribution in [0, 0.1) is 11.3 Å². The van der Waals surface area contributed by atoms with E-state index in [4.69, 9.17) is 0 Å². The van der Waals surface area contributed by atoms with Gasteiger partial charge in [-0.1, -0.05) is 20.8 Å². The largest absolute Gasteiger partial charge is 0.331 e. The van der Waals surface area contributed by atoms with E-state index in [0.717, 1.165) is 18.8 Å². The maximum absolute atomic E-state index is 11.9. The van der Waals surface area contributed by atoms with Crippen molar-refractivity contribution in [3.05, 3.63) is 0 Å². The lowest BCUT2D eigenvalue weighted by Crippen LogP contribution is -2.45. The summed E-state index contributed by atoms with van der Waals surface area (Å²) in [5.41, 5.74) is 0.412. The van der Waals surface area contributed by atoms with Crippen molar-refractivity contribution in [1.29, 1.82) is 0 Å². The first-order valence-corrected chi connectivity index (χ1v) is 6.67. The fourth-order valence-corrected chi connectivity index (χ4v) is 2.80. The second-order valence-electron chi connectivity index (χ2n) is 6.66. The van der Waals surface area contributed by atoms with Crippen LogP contribution in [-0.4, -0.2) is 43.0 Å². The number of amides is 2. The lowest BCUT2D eigenvalue weighted by molar-refractivity contribution is 0.110. The molecule has 1 saturated carbocycles. The van der Waals surface area contributed by atoms with E-state index in [1.807, 2.05) is 26.0 Å². The van der Waals surface area contributed by atoms with Gasteiger partial charge in [0, 0.05) is 27.2 Å². The number of rotatable bonds is 1. The van der Waals surface area contributed by atoms with Crippen LogP contribution in [0.4, 0.5) is 4.79 Å². The van der Waals surface area contributed by atoms with Crippen LogP contribution < -0.4 is 0 Å². The van der Waals surface area contributed by atoms with Gasteiger partial charge in [0.25, 0.3) is 0 Å². The lowest BCUT2D eigenvalue weighted by Gasteiger charge is -2.40. The number of nitrogens with zero attached hydrogens (tertiary/aromatic N) is 2. The summed E-state index contributed by atoms with van der Waals surface area (Å²) in [6, 6.07) is 0.563. The van der Waals surface area contributed by atoms with Crippen molar-refractivity contribution in [2.75, 3.05) is 21.1 Å². The van der Waals surface area contributed by atoms with E-state index in [2.05, 4.69) is 20.8 Å². The molecule has 17 heavy (non-hydrogen) atoms. The molecule has 3 heteroatoms. The maximum atomic E-state index is 11.9. The van der Waals surface area contributed by atoms with Crippen LogP contribution in [0.1, 0.15) is 46.5 Å². The van der Waals surface area contributed by atoms with Crippen LogP contribution in [0.3, 0.4) is 0 Å². The molecule has 0 aromatic rings. The molecule has 100 valence electrons. The monoisotopic (exact) mass is 240 g/mol. The van der Waals surface area contributed by atoms with Gasteiger partial charge in [-0.05, 0) is 37.0 Å². The van der Waals surface area contributed by atoms with E-state index >= 15 is 0 Å². The van der Waals surface area contributed by atoms with Crippen molar-refractivity contribution in [3.63, 3.8) is 0 Å². The third kappa shape index (κ3) is 3.62. The fraction of sp³-hybridized carbons (Fsp3) is 0.929. The molecule has 0 bridgehead atoms. The number of carbonyl (C=O) groups is 1. The molecule has 1 rings (SSSR count). The molecule has 0 atom stereocenters. The molecule has 3 nitrogen and oxygen atoms in total. The van der Waals surface area contributed by atoms with Gasteiger partial charge >= 0.3 is 6.03 Å². The highest BCUT2D eigenvalue weighted by molar-refractivity contribution is 5.73. The zero-order chi connectivity index (χ0) is 13.2. The first kappa shape index (κ1) is 14.3. The molecule has 0 heterocycles. The fourth-order valence-electron chi connectivity index (χ4n) is 2.80. The topological polar surface area (TPSA) is 23.6 Å². The second-order valence-corrected chi connectivity index (χ2v) is 6.66. The Hall–Kier alpha value is -0.730. The first-order valence-electron chi connectivity index (χ1n) is 6.67. The summed E-state index contributed by atoms with van der Waals surface area (Å²) in [7, 11) is 5.57. The van der Waals surface area contributed by atoms with Crippen LogP contribution in [0.25, 0.3) is 0 Å². The zero-order valence-corrected chi connectivity index (χ0v) is 12.3. The Balaban J connectivity index is 2.50. The van der Waals surface area contributed by atoms with Crippen LogP contribution in [0.2, 0.25) is 0 Å². The average molecular weight is 240 g/mol. The van der Waals surface area contributed by atoms with Crippen molar-refractivity contribution in [1.82, 2.24) is 9.80 Å². The summed E-state index contributed by atoms with van der Waals surface area (Å²) < 4.78 is 0. The summed E-state index contributed by atoms with van der Waals surface area (Å²) in [4.78, 5) is 15.5. The number of hydrogen-bond donors (Lipinski definition) is 0. The normalized spacial score (nSPS) is 25.5. The zero-order valence-electron chi connectivity index (χ0n) is 12.3. The molecule has 0 aromatic carbocycles. The molecule has 1 aliphatic rings. The first-order chi connectivity index (χ1) is 7.73. The highest BCUT2D eigenvalue weighted by Gasteiger charge is 2.32. The summed E-state index contributed by atoms with van der Waals surface area (Å²) in [6.45, 7) is 6.98. The minimum atomic E-state index is 0.129. The predicted molar refractivity (Wildman–Crippen MR) is 72.0 cm³/mol. The molecular formula is C14H28N2O. The highest BCUT2D eigenvalue weighted by Crippen LogP contribution is 2.38. The average Bonchev–Trinajstić information content (AvgIpc) is 2.26. The highest BCUT2D eigenvalue weighted by atomic mass is 16.2. The minimum Gasteiger partial charge on any atom is -0.331 e. The third-order valence-electron chi connectivity index (χ3n) is 4.15. The van der Waals surface area contributed by atoms with Crippen molar-refractivity contribution >= 4 is 6.03 Å². The van der Waals surface area contributed by atoms with Gasteiger partial charge in [0.1, 0.15) is 0 Å². The van der Waals surface area contributed by atoms with Crippen LogP contribution in [0.15, 0.2) is 0 Å². The van der Waals surface area contributed by atoms with Crippen molar-refractivity contribution in [2.45, 2.75) is 52.5 Å². The summed E-state index contributed by atoms with van der Waals surface area (Å²) in [6.07, 6.45) is 4.80. The third-order valence-corrected chi connectivity index (χ3v) is 4.15. The smallest absolute Gasteiger partial charge is 0.319 e. The molecule has 0 radical (unpaired) electrons. The Morgan fingerprint density at radius 1 is 1.00 bits per heavy atom. The van der Waals surface area contributed by atoms with Crippen molar-refractivity contribution in [2.24, 2.45) is 11.3 Å². The van der Waals surface area contributed by atoms with Gasteiger partial charge in [0.05, 0.1) is 0 Å². The molecule has 0 saturated heterocycles. The Morgan fingerprint density at radius 2 is 1.47 bits per heavy atom. The molecule has 0 spiro atoms. The molecule has 0 aromatic heterocycles. The van der Waals surface area contributed by atoms with Gasteiger partial charge in [-0.2, -0.15) is 0 Å². The van der Waals surface area contributed by atoms with Crippen LogP contribution in [0.5, 0.6) is 0 Å². The van der Waals surface area contributed by atoms with Gasteiger partial charge in [0.15, 0.2) is 0 Å². The van der Waals surface area contributed by atoms with Crippen LogP contribution in [-0.2, 0) is 0 Å². The van der Waals surface area contributed by atoms with Crippen molar-refractivity contribution < 1.29 is 4.79 Å². The Kier molecular flexibility index (Phi) is 4.45. The maximum Gasteiger partial charge on any atom is 0.319 e. The molecule has 1 aliphatic carbocycles. The minimum absolute atomic E-state index is 0.129. The van der Waals surface area contributed by atoms with Crippen molar-refractivity contribution in [3.8, 4) is 0 Å². The number of carbonyl (C=O) groups excluding carboxylic acids is 1. The Morgan fingerprint density at radius 3 is 1.82 bits per heavy atom. The lowest BCUT2D eigenvalue weighted by atomic mass is 9.71. The number of urea groups is 1. The Bertz CT molecular complexity index is 260. The van der Waals surface area contributed by atoms with Crippen LogP contribution >= 0.6 is 0 Å². The van der Waals surface area contributed by atoms with E-state index in [-0.39, 0.29) is 6.03 Å². The molecule has 0 unspecified atom stereocenters. The van der Waals surface area contributed by atoms with Gasteiger partial charge in [0.2, 0.25) is 0 Å². The van der Waals surface area contributed by atoms with Gasteiger partial charge in [-0.25, -0.2) is 4.79 Å². The van der Waals surface area contributed by atoms with Gasteiger partial charge in [-0.15, -0.1) is 0 Å². The predicted octanol–water partition coefficient (Wildman–Crippen LogP) is 3.20. The Labute approximate surface area is 106 Å². The molecule has 0 N–H and O–H groups in total. The summed E-state index contributed by atoms with van der Waals surface area (Å²) >= 11 is 0. The second kappa shape index (κ2) is 5.28.